The summed E-state index contributed by atoms with van der Waals surface area (Å²) in [5.74, 6) is -0.424. The predicted molar refractivity (Wildman–Crippen MR) is 118 cm³/mol. The summed E-state index contributed by atoms with van der Waals surface area (Å²) in [4.78, 5) is 17.1. The lowest BCUT2D eigenvalue weighted by molar-refractivity contribution is 0.0607. The van der Waals surface area contributed by atoms with E-state index in [2.05, 4.69) is 10.3 Å². The van der Waals surface area contributed by atoms with Crippen LogP contribution in [0.4, 0.5) is 9.52 Å². The van der Waals surface area contributed by atoms with Crippen molar-refractivity contribution in [3.05, 3.63) is 52.3 Å². The zero-order valence-electron chi connectivity index (χ0n) is 17.3. The van der Waals surface area contributed by atoms with Gasteiger partial charge in [-0.15, -0.1) is 0 Å². The molecule has 9 heteroatoms. The van der Waals surface area contributed by atoms with Crippen LogP contribution >= 0.6 is 22.9 Å². The van der Waals surface area contributed by atoms with Crippen molar-refractivity contribution in [2.45, 2.75) is 20.5 Å². The smallest absolute Gasteiger partial charge is 0.261 e. The maximum atomic E-state index is 13.4. The Balaban J connectivity index is 0.00000155. The van der Waals surface area contributed by atoms with Crippen LogP contribution in [-0.2, 0) is 16.1 Å². The first-order valence-electron chi connectivity index (χ1n) is 9.32. The topological polar surface area (TPSA) is 69.7 Å². The third-order valence-electron chi connectivity index (χ3n) is 3.84. The number of thiazole rings is 1. The van der Waals surface area contributed by atoms with Gasteiger partial charge in [0.1, 0.15) is 11.6 Å². The van der Waals surface area contributed by atoms with E-state index < -0.39 is 5.91 Å². The molecule has 2 aromatic carbocycles. The van der Waals surface area contributed by atoms with Gasteiger partial charge < -0.3 is 14.2 Å². The number of anilines is 1. The summed E-state index contributed by atoms with van der Waals surface area (Å²) in [6, 6.07) is 7.46. The van der Waals surface area contributed by atoms with Crippen LogP contribution in [-0.4, -0.2) is 38.3 Å². The number of fused-ring (bicyclic) bond motifs is 1. The molecule has 0 fully saturated rings. The van der Waals surface area contributed by atoms with Crippen LogP contribution in [0.3, 0.4) is 0 Å². The van der Waals surface area contributed by atoms with Crippen molar-refractivity contribution >= 4 is 44.2 Å². The van der Waals surface area contributed by atoms with E-state index in [-0.39, 0.29) is 18.0 Å². The van der Waals surface area contributed by atoms with Gasteiger partial charge in [-0.25, -0.2) is 9.37 Å². The molecule has 3 rings (SSSR count). The van der Waals surface area contributed by atoms with E-state index in [9.17, 15) is 9.18 Å². The van der Waals surface area contributed by atoms with Crippen molar-refractivity contribution in [2.24, 2.45) is 0 Å². The largest absolute Gasteiger partial charge is 0.496 e. The molecule has 1 amide bonds. The van der Waals surface area contributed by atoms with E-state index in [0.29, 0.717) is 44.9 Å². The van der Waals surface area contributed by atoms with Crippen LogP contribution in [0.1, 0.15) is 29.8 Å². The van der Waals surface area contributed by atoms with Gasteiger partial charge in [0.2, 0.25) is 0 Å². The Morgan fingerprint density at radius 2 is 1.97 bits per heavy atom. The number of aromatic nitrogens is 1. The Morgan fingerprint density at radius 1 is 1.20 bits per heavy atom. The number of carbonyl (C=O) groups excluding carboxylic acids is 1. The number of nitrogens with one attached hydrogen (secondary N) is 1. The molecule has 0 bridgehead atoms. The molecule has 0 aliphatic rings. The Hall–Kier alpha value is -2.26. The number of methoxy groups -OCH3 is 2. The maximum absolute atomic E-state index is 13.4. The minimum absolute atomic E-state index is 0.216. The SMILES string of the molecule is CC.COCCOCc1cc(Cl)cc(C(=O)Nc2nc3ccc(F)cc3s2)c1OC. The lowest BCUT2D eigenvalue weighted by atomic mass is 10.1. The minimum Gasteiger partial charge on any atom is -0.496 e. The fourth-order valence-electron chi connectivity index (χ4n) is 2.61. The van der Waals surface area contributed by atoms with E-state index in [1.807, 2.05) is 13.8 Å². The van der Waals surface area contributed by atoms with E-state index >= 15 is 0 Å². The molecule has 0 saturated heterocycles. The zero-order valence-corrected chi connectivity index (χ0v) is 18.8. The summed E-state index contributed by atoms with van der Waals surface area (Å²) in [5, 5.41) is 3.45. The lowest BCUT2D eigenvalue weighted by Gasteiger charge is -2.14. The van der Waals surface area contributed by atoms with Crippen LogP contribution in [0.25, 0.3) is 10.2 Å². The van der Waals surface area contributed by atoms with Gasteiger partial charge in [0.05, 0.1) is 42.7 Å². The molecule has 0 atom stereocenters. The maximum Gasteiger partial charge on any atom is 0.261 e. The Morgan fingerprint density at radius 3 is 2.67 bits per heavy atom. The van der Waals surface area contributed by atoms with E-state index in [1.165, 1.54) is 36.6 Å². The molecule has 30 heavy (non-hydrogen) atoms. The van der Waals surface area contributed by atoms with Crippen LogP contribution in [0.15, 0.2) is 30.3 Å². The van der Waals surface area contributed by atoms with Gasteiger partial charge in [0.25, 0.3) is 5.91 Å². The Bertz CT molecular complexity index is 997. The highest BCUT2D eigenvalue weighted by atomic mass is 35.5. The molecule has 0 spiro atoms. The number of rotatable bonds is 8. The molecule has 6 nitrogen and oxygen atoms in total. The molecule has 0 aliphatic carbocycles. The highest BCUT2D eigenvalue weighted by molar-refractivity contribution is 7.22. The average Bonchev–Trinajstić information content (AvgIpc) is 3.13. The molecule has 1 heterocycles. The predicted octanol–water partition coefficient (Wildman–Crippen LogP) is 5.54. The number of hydrogen-bond donors (Lipinski definition) is 1. The van der Waals surface area contributed by atoms with Crippen LogP contribution in [0.5, 0.6) is 5.75 Å². The second-order valence-corrected chi connectivity index (χ2v) is 7.24. The first kappa shape index (κ1) is 24.0. The first-order valence-corrected chi connectivity index (χ1v) is 10.5. The summed E-state index contributed by atoms with van der Waals surface area (Å²) < 4.78 is 29.9. The van der Waals surface area contributed by atoms with Gasteiger partial charge >= 0.3 is 0 Å². The van der Waals surface area contributed by atoms with Crippen molar-refractivity contribution in [3.8, 4) is 5.75 Å². The van der Waals surface area contributed by atoms with Crippen molar-refractivity contribution in [1.29, 1.82) is 0 Å². The van der Waals surface area contributed by atoms with Crippen molar-refractivity contribution in [3.63, 3.8) is 0 Å². The normalized spacial score (nSPS) is 10.5. The number of amides is 1. The number of hydrogen-bond acceptors (Lipinski definition) is 6. The van der Waals surface area contributed by atoms with E-state index in [0.717, 1.165) is 0 Å². The molecule has 1 N–H and O–H groups in total. The Kier molecular flexibility index (Phi) is 9.45. The monoisotopic (exact) mass is 454 g/mol. The highest BCUT2D eigenvalue weighted by Gasteiger charge is 2.19. The van der Waals surface area contributed by atoms with Gasteiger partial charge in [-0.3, -0.25) is 10.1 Å². The fourth-order valence-corrected chi connectivity index (χ4v) is 3.73. The van der Waals surface area contributed by atoms with Crippen molar-refractivity contribution in [2.75, 3.05) is 32.8 Å². The number of nitrogens with zero attached hydrogens (tertiary/aromatic N) is 1. The first-order chi connectivity index (χ1) is 14.5. The van der Waals surface area contributed by atoms with Crippen molar-refractivity contribution in [1.82, 2.24) is 4.98 Å². The summed E-state index contributed by atoms with van der Waals surface area (Å²) in [6.07, 6.45) is 0. The number of halogens is 2. The molecule has 0 unspecified atom stereocenters. The minimum atomic E-state index is -0.433. The average molecular weight is 455 g/mol. The molecule has 162 valence electrons. The summed E-state index contributed by atoms with van der Waals surface area (Å²) >= 11 is 7.36. The van der Waals surface area contributed by atoms with Gasteiger partial charge in [0, 0.05) is 17.7 Å². The van der Waals surface area contributed by atoms with Gasteiger partial charge in [-0.1, -0.05) is 36.8 Å². The highest BCUT2D eigenvalue weighted by Crippen LogP contribution is 2.31. The summed E-state index contributed by atoms with van der Waals surface area (Å²) in [7, 11) is 3.06. The summed E-state index contributed by atoms with van der Waals surface area (Å²) in [6.45, 7) is 5.07. The van der Waals surface area contributed by atoms with E-state index in [4.69, 9.17) is 25.8 Å². The van der Waals surface area contributed by atoms with Crippen LogP contribution < -0.4 is 10.1 Å². The van der Waals surface area contributed by atoms with Crippen LogP contribution in [0, 0.1) is 5.82 Å². The molecule has 0 aliphatic heterocycles. The fraction of sp³-hybridized carbons (Fsp3) is 0.333. The van der Waals surface area contributed by atoms with Gasteiger partial charge in [-0.2, -0.15) is 0 Å². The Labute approximate surface area is 183 Å². The van der Waals surface area contributed by atoms with Crippen molar-refractivity contribution < 1.29 is 23.4 Å². The second-order valence-electron chi connectivity index (χ2n) is 5.78. The standard InChI is InChI=1S/C19H18ClFN2O4S.C2H6/c1-25-5-6-27-10-11-7-12(20)8-14(17(11)26-2)18(24)23-19-22-15-4-3-13(21)9-16(15)28-19;1-2/h3-4,7-9H,5-6,10H2,1-2H3,(H,22,23,24);1-2H3. The number of ether oxygens (including phenoxy) is 3. The number of benzene rings is 2. The molecule has 1 aromatic heterocycles. The van der Waals surface area contributed by atoms with Crippen LogP contribution in [0.2, 0.25) is 5.02 Å². The molecule has 0 saturated carbocycles. The molecular formula is C21H24ClFN2O4S. The zero-order chi connectivity index (χ0) is 22.1. The lowest BCUT2D eigenvalue weighted by Crippen LogP contribution is -2.14. The molecule has 0 radical (unpaired) electrons. The third-order valence-corrected chi connectivity index (χ3v) is 4.99. The second kappa shape index (κ2) is 11.8. The van der Waals surface area contributed by atoms with Gasteiger partial charge in [0.15, 0.2) is 5.13 Å². The van der Waals surface area contributed by atoms with E-state index in [1.54, 1.807) is 19.2 Å². The molecular weight excluding hydrogens is 431 g/mol. The quantitative estimate of drug-likeness (QED) is 0.452. The number of carbonyl (C=O) groups is 1. The molecule has 3 aromatic rings. The van der Waals surface area contributed by atoms with Gasteiger partial charge in [-0.05, 0) is 30.3 Å². The summed E-state index contributed by atoms with van der Waals surface area (Å²) in [5.41, 5.74) is 1.50. The third kappa shape index (κ3) is 6.12.